The second kappa shape index (κ2) is 7.46. The predicted molar refractivity (Wildman–Crippen MR) is 75.9 cm³/mol. The number of nitrogens with one attached hydrogen (secondary N) is 1. The topological polar surface area (TPSA) is 24.5 Å². The van der Waals surface area contributed by atoms with Crippen LogP contribution in [0.15, 0.2) is 0 Å². The lowest BCUT2D eigenvalue weighted by Crippen LogP contribution is -2.41. The molecule has 2 aliphatic heterocycles. The van der Waals surface area contributed by atoms with E-state index in [0.717, 1.165) is 12.5 Å². The van der Waals surface area contributed by atoms with E-state index in [1.807, 2.05) is 0 Å². The Balaban J connectivity index is 1.55. The van der Waals surface area contributed by atoms with Gasteiger partial charge in [-0.05, 0) is 78.0 Å². The molecule has 2 saturated heterocycles. The molecule has 2 atom stereocenters. The van der Waals surface area contributed by atoms with Gasteiger partial charge in [0.05, 0.1) is 6.10 Å². The smallest absolute Gasteiger partial charge is 0.0576 e. The van der Waals surface area contributed by atoms with Gasteiger partial charge in [0.15, 0.2) is 0 Å². The molecule has 0 bridgehead atoms. The zero-order valence-corrected chi connectivity index (χ0v) is 12.2. The number of nitrogens with zero attached hydrogens (tertiary/aromatic N) is 1. The summed E-state index contributed by atoms with van der Waals surface area (Å²) in [5, 5.41) is 3.39. The van der Waals surface area contributed by atoms with E-state index < -0.39 is 0 Å². The summed E-state index contributed by atoms with van der Waals surface area (Å²) in [5.41, 5.74) is 0. The van der Waals surface area contributed by atoms with Crippen LogP contribution in [0.2, 0.25) is 0 Å². The second-order valence-corrected chi connectivity index (χ2v) is 6.03. The fourth-order valence-corrected chi connectivity index (χ4v) is 3.33. The van der Waals surface area contributed by atoms with Crippen molar-refractivity contribution < 1.29 is 4.74 Å². The van der Waals surface area contributed by atoms with Gasteiger partial charge in [0, 0.05) is 12.6 Å². The summed E-state index contributed by atoms with van der Waals surface area (Å²) >= 11 is 0. The average molecular weight is 254 g/mol. The number of likely N-dealkylation sites (tertiary alicyclic amines) is 1. The molecular weight excluding hydrogens is 224 g/mol. The molecule has 106 valence electrons. The van der Waals surface area contributed by atoms with Gasteiger partial charge in [0.1, 0.15) is 0 Å². The van der Waals surface area contributed by atoms with E-state index in [0.29, 0.717) is 12.1 Å². The number of hydrogen-bond acceptors (Lipinski definition) is 3. The van der Waals surface area contributed by atoms with Gasteiger partial charge < -0.3 is 15.0 Å². The first-order chi connectivity index (χ1) is 8.79. The van der Waals surface area contributed by atoms with Crippen molar-refractivity contribution in [1.29, 1.82) is 0 Å². The molecule has 0 saturated carbocycles. The summed E-state index contributed by atoms with van der Waals surface area (Å²) in [6, 6.07) is 0.680. The minimum absolute atomic E-state index is 0.576. The van der Waals surface area contributed by atoms with Gasteiger partial charge in [0.2, 0.25) is 0 Å². The lowest BCUT2D eigenvalue weighted by Gasteiger charge is -2.34. The lowest BCUT2D eigenvalue weighted by molar-refractivity contribution is 0.0950. The van der Waals surface area contributed by atoms with E-state index in [1.54, 1.807) is 0 Å². The van der Waals surface area contributed by atoms with Crippen LogP contribution in [0.3, 0.4) is 0 Å². The van der Waals surface area contributed by atoms with Crippen molar-refractivity contribution in [1.82, 2.24) is 10.2 Å². The molecule has 2 heterocycles. The van der Waals surface area contributed by atoms with Crippen LogP contribution >= 0.6 is 0 Å². The quantitative estimate of drug-likeness (QED) is 0.787. The number of piperidine rings is 1. The predicted octanol–water partition coefficient (Wildman–Crippen LogP) is 2.27. The zero-order valence-electron chi connectivity index (χ0n) is 12.2. The van der Waals surface area contributed by atoms with E-state index in [1.165, 1.54) is 58.2 Å². The van der Waals surface area contributed by atoms with Crippen LogP contribution in [0.5, 0.6) is 0 Å². The molecule has 0 amide bonds. The van der Waals surface area contributed by atoms with Gasteiger partial charge in [-0.2, -0.15) is 0 Å². The molecule has 0 radical (unpaired) electrons. The van der Waals surface area contributed by atoms with Crippen molar-refractivity contribution >= 4 is 0 Å². The summed E-state index contributed by atoms with van der Waals surface area (Å²) < 4.78 is 5.68. The molecule has 0 aromatic carbocycles. The third-order valence-electron chi connectivity index (χ3n) is 4.82. The Morgan fingerprint density at radius 1 is 1.28 bits per heavy atom. The molecule has 2 unspecified atom stereocenters. The number of ether oxygens (including phenoxy) is 1. The Kier molecular flexibility index (Phi) is 5.93. The molecule has 18 heavy (non-hydrogen) atoms. The Labute approximate surface area is 112 Å². The van der Waals surface area contributed by atoms with E-state index in [4.69, 9.17) is 4.74 Å². The van der Waals surface area contributed by atoms with Gasteiger partial charge in [0.25, 0.3) is 0 Å². The Morgan fingerprint density at radius 3 is 2.67 bits per heavy atom. The molecule has 0 aliphatic carbocycles. The maximum absolute atomic E-state index is 5.68. The van der Waals surface area contributed by atoms with Crippen molar-refractivity contribution in [3.05, 3.63) is 0 Å². The molecule has 2 fully saturated rings. The molecule has 3 nitrogen and oxygen atoms in total. The largest absolute Gasteiger partial charge is 0.378 e. The Bertz CT molecular complexity index is 221. The van der Waals surface area contributed by atoms with Crippen LogP contribution in [0.25, 0.3) is 0 Å². The fourth-order valence-electron chi connectivity index (χ4n) is 3.33. The van der Waals surface area contributed by atoms with Crippen LogP contribution in [0, 0.1) is 5.92 Å². The van der Waals surface area contributed by atoms with Crippen LogP contribution in [-0.4, -0.2) is 50.3 Å². The van der Waals surface area contributed by atoms with Crippen molar-refractivity contribution in [3.63, 3.8) is 0 Å². The fraction of sp³-hybridized carbons (Fsp3) is 1.00. The minimum atomic E-state index is 0.576. The van der Waals surface area contributed by atoms with E-state index in [9.17, 15) is 0 Å². The van der Waals surface area contributed by atoms with Crippen LogP contribution in [0.4, 0.5) is 0 Å². The zero-order chi connectivity index (χ0) is 12.8. The summed E-state index contributed by atoms with van der Waals surface area (Å²) in [6.45, 7) is 7.18. The minimum Gasteiger partial charge on any atom is -0.378 e. The van der Waals surface area contributed by atoms with Gasteiger partial charge in [-0.25, -0.2) is 0 Å². The van der Waals surface area contributed by atoms with E-state index >= 15 is 0 Å². The third kappa shape index (κ3) is 4.22. The number of rotatable bonds is 6. The van der Waals surface area contributed by atoms with Crippen molar-refractivity contribution in [2.45, 2.75) is 57.6 Å². The van der Waals surface area contributed by atoms with Crippen molar-refractivity contribution in [2.75, 3.05) is 33.3 Å². The maximum atomic E-state index is 5.68. The first-order valence-corrected chi connectivity index (χ1v) is 7.81. The Morgan fingerprint density at radius 2 is 2.06 bits per heavy atom. The van der Waals surface area contributed by atoms with Gasteiger partial charge in [-0.3, -0.25) is 0 Å². The van der Waals surface area contributed by atoms with E-state index in [-0.39, 0.29) is 0 Å². The standard InChI is InChI=1S/C15H30N2O/c1-13(16-2)14-7-10-17(11-8-14)9-3-5-15-6-4-12-18-15/h13-16H,3-12H2,1-2H3. The monoisotopic (exact) mass is 254 g/mol. The highest BCUT2D eigenvalue weighted by atomic mass is 16.5. The van der Waals surface area contributed by atoms with E-state index in [2.05, 4.69) is 24.2 Å². The Hall–Kier alpha value is -0.120. The van der Waals surface area contributed by atoms with Crippen LogP contribution in [0.1, 0.15) is 45.4 Å². The summed E-state index contributed by atoms with van der Waals surface area (Å²) in [7, 11) is 2.08. The highest BCUT2D eigenvalue weighted by Crippen LogP contribution is 2.22. The van der Waals surface area contributed by atoms with Crippen molar-refractivity contribution in [3.8, 4) is 0 Å². The summed E-state index contributed by atoms with van der Waals surface area (Å²) in [4.78, 5) is 2.65. The summed E-state index contributed by atoms with van der Waals surface area (Å²) in [6.07, 6.45) is 8.46. The molecule has 0 aromatic heterocycles. The van der Waals surface area contributed by atoms with Crippen molar-refractivity contribution in [2.24, 2.45) is 5.92 Å². The molecule has 1 N–H and O–H groups in total. The highest BCUT2D eigenvalue weighted by Gasteiger charge is 2.23. The van der Waals surface area contributed by atoms with Crippen LogP contribution in [-0.2, 0) is 4.74 Å². The lowest BCUT2D eigenvalue weighted by atomic mass is 9.90. The second-order valence-electron chi connectivity index (χ2n) is 6.03. The average Bonchev–Trinajstić information content (AvgIpc) is 2.92. The van der Waals surface area contributed by atoms with Gasteiger partial charge in [-0.15, -0.1) is 0 Å². The third-order valence-corrected chi connectivity index (χ3v) is 4.82. The SMILES string of the molecule is CNC(C)C1CCN(CCCC2CCCO2)CC1. The summed E-state index contributed by atoms with van der Waals surface area (Å²) in [5.74, 6) is 0.879. The first-order valence-electron chi connectivity index (χ1n) is 7.81. The molecular formula is C15H30N2O. The molecule has 2 rings (SSSR count). The molecule has 0 spiro atoms. The number of hydrogen-bond donors (Lipinski definition) is 1. The molecule has 2 aliphatic rings. The van der Waals surface area contributed by atoms with Crippen LogP contribution < -0.4 is 5.32 Å². The highest BCUT2D eigenvalue weighted by molar-refractivity contribution is 4.79. The molecule has 0 aromatic rings. The maximum Gasteiger partial charge on any atom is 0.0576 e. The molecule has 3 heteroatoms. The van der Waals surface area contributed by atoms with Gasteiger partial charge in [-0.1, -0.05) is 0 Å². The normalized spacial score (nSPS) is 28.7. The van der Waals surface area contributed by atoms with Gasteiger partial charge >= 0.3 is 0 Å². The first kappa shape index (κ1) is 14.3.